The number of amidine groups is 1. The quantitative estimate of drug-likeness (QED) is 0.370. The molecule has 2 aromatic rings. The number of hydrogen-bond acceptors (Lipinski definition) is 6. The molecule has 1 heterocycles. The van der Waals surface area contributed by atoms with Crippen molar-refractivity contribution in [2.75, 3.05) is 19.0 Å². The number of anilines is 1. The fraction of sp³-hybridized carbons (Fsp3) is 0.391. The number of nitrogens with zero attached hydrogens (tertiary/aromatic N) is 3. The van der Waals surface area contributed by atoms with Gasteiger partial charge < -0.3 is 15.8 Å². The molecule has 1 aliphatic rings. The van der Waals surface area contributed by atoms with Crippen molar-refractivity contribution >= 4 is 28.5 Å². The maximum absolute atomic E-state index is 14.5. The van der Waals surface area contributed by atoms with Crippen molar-refractivity contribution in [3.63, 3.8) is 0 Å². The van der Waals surface area contributed by atoms with Crippen molar-refractivity contribution in [1.29, 1.82) is 0 Å². The van der Waals surface area contributed by atoms with Crippen LogP contribution >= 0.6 is 11.8 Å². The average molecular weight is 476 g/mol. The van der Waals surface area contributed by atoms with Crippen LogP contribution in [0.2, 0.25) is 0 Å². The van der Waals surface area contributed by atoms with Crippen molar-refractivity contribution in [1.82, 2.24) is 9.97 Å². The van der Waals surface area contributed by atoms with E-state index in [9.17, 15) is 13.6 Å². The molecule has 7 nitrogen and oxygen atoms in total. The summed E-state index contributed by atoms with van der Waals surface area (Å²) >= 11 is 1.33. The summed E-state index contributed by atoms with van der Waals surface area (Å²) in [6, 6.07) is 2.37. The van der Waals surface area contributed by atoms with E-state index in [2.05, 4.69) is 26.2 Å². The predicted octanol–water partition coefficient (Wildman–Crippen LogP) is 4.13. The first-order valence-corrected chi connectivity index (χ1v) is 11.2. The molecule has 0 aliphatic heterocycles. The lowest BCUT2D eigenvalue weighted by Gasteiger charge is -2.11. The highest BCUT2D eigenvalue weighted by Crippen LogP contribution is 2.55. The molecule has 1 aliphatic carbocycles. The zero-order valence-corrected chi connectivity index (χ0v) is 20.0. The van der Waals surface area contributed by atoms with Crippen LogP contribution in [0.4, 0.5) is 14.5 Å². The number of halogens is 2. The molecule has 3 N–H and O–H groups in total. The van der Waals surface area contributed by atoms with Crippen LogP contribution < -0.4 is 15.8 Å². The van der Waals surface area contributed by atoms with Crippen LogP contribution in [0, 0.1) is 36.8 Å². The minimum Gasteiger partial charge on any atom is -0.463 e. The summed E-state index contributed by atoms with van der Waals surface area (Å²) < 4.78 is 33.9. The highest BCUT2D eigenvalue weighted by atomic mass is 32.2. The van der Waals surface area contributed by atoms with Gasteiger partial charge in [-0.15, -0.1) is 6.42 Å². The summed E-state index contributed by atoms with van der Waals surface area (Å²) in [5.41, 5.74) is 6.39. The van der Waals surface area contributed by atoms with Gasteiger partial charge in [0.15, 0.2) is 23.4 Å². The van der Waals surface area contributed by atoms with Crippen LogP contribution in [-0.2, 0) is 0 Å². The van der Waals surface area contributed by atoms with Crippen LogP contribution in [0.1, 0.15) is 48.4 Å². The lowest BCUT2D eigenvalue weighted by atomic mass is 10.1. The van der Waals surface area contributed by atoms with Gasteiger partial charge in [-0.1, -0.05) is 38.5 Å². The van der Waals surface area contributed by atoms with Crippen LogP contribution in [0.15, 0.2) is 23.3 Å². The van der Waals surface area contributed by atoms with E-state index in [-0.39, 0.29) is 46.5 Å². The lowest BCUT2D eigenvalue weighted by Crippen LogP contribution is -2.17. The minimum absolute atomic E-state index is 0.0198. The van der Waals surface area contributed by atoms with Crippen molar-refractivity contribution < 1.29 is 18.3 Å². The van der Waals surface area contributed by atoms with Gasteiger partial charge in [0.1, 0.15) is 5.69 Å². The summed E-state index contributed by atoms with van der Waals surface area (Å²) in [4.78, 5) is 24.7. The molecule has 0 saturated heterocycles. The second kappa shape index (κ2) is 11.6. The number of nitrogens with one attached hydrogen (secondary N) is 1. The van der Waals surface area contributed by atoms with Crippen molar-refractivity contribution in [3.05, 3.63) is 46.9 Å². The van der Waals surface area contributed by atoms with E-state index in [1.807, 2.05) is 20.8 Å². The number of benzene rings is 1. The molecule has 0 spiro atoms. The first-order valence-electron chi connectivity index (χ1n) is 10.4. The molecule has 10 heteroatoms. The van der Waals surface area contributed by atoms with E-state index in [1.165, 1.54) is 24.0 Å². The van der Waals surface area contributed by atoms with Crippen molar-refractivity contribution in [2.24, 2.45) is 16.6 Å². The number of carbonyl (C=O) groups is 1. The van der Waals surface area contributed by atoms with E-state index >= 15 is 0 Å². The van der Waals surface area contributed by atoms with Crippen LogP contribution in [0.3, 0.4) is 0 Å². The predicted molar refractivity (Wildman–Crippen MR) is 128 cm³/mol. The summed E-state index contributed by atoms with van der Waals surface area (Å²) in [5, 5.41) is 2.92. The number of terminal acetylenes is 1. The largest absolute Gasteiger partial charge is 0.463 e. The Bertz CT molecular complexity index is 1090. The fourth-order valence-electron chi connectivity index (χ4n) is 3.24. The molecule has 1 saturated carbocycles. The smallest absolute Gasteiger partial charge is 0.276 e. The number of amides is 1. The Morgan fingerprint density at radius 3 is 2.70 bits per heavy atom. The number of nitrogens with two attached hydrogens (primary N) is 1. The van der Waals surface area contributed by atoms with Gasteiger partial charge in [-0.05, 0) is 24.5 Å². The maximum Gasteiger partial charge on any atom is 0.276 e. The Labute approximate surface area is 196 Å². The summed E-state index contributed by atoms with van der Waals surface area (Å²) in [6.07, 6.45) is 6.40. The van der Waals surface area contributed by atoms with Crippen molar-refractivity contribution in [2.45, 2.75) is 38.9 Å². The van der Waals surface area contributed by atoms with Gasteiger partial charge in [-0.25, -0.2) is 18.7 Å². The second-order valence-corrected chi connectivity index (χ2v) is 8.18. The molecule has 1 amide bonds. The Balaban J connectivity index is 0.00000187. The van der Waals surface area contributed by atoms with Gasteiger partial charge in [-0.3, -0.25) is 9.79 Å². The number of ether oxygens (including phenoxy) is 1. The van der Waals surface area contributed by atoms with Crippen LogP contribution in [0.25, 0.3) is 0 Å². The number of hydrogen-bond donors (Lipinski definition) is 2. The Morgan fingerprint density at radius 2 is 2.09 bits per heavy atom. The topological polar surface area (TPSA) is 102 Å². The van der Waals surface area contributed by atoms with Crippen LogP contribution in [0.5, 0.6) is 5.88 Å². The Morgan fingerprint density at radius 1 is 1.39 bits per heavy atom. The molecule has 3 atom stereocenters. The maximum atomic E-state index is 14.5. The van der Waals surface area contributed by atoms with Gasteiger partial charge in [0, 0.05) is 30.0 Å². The molecular weight excluding hydrogens is 448 g/mol. The number of rotatable bonds is 6. The molecular formula is C23H27F2N5O2S. The molecule has 3 rings (SSSR count). The molecule has 1 fully saturated rings. The fourth-order valence-corrected chi connectivity index (χ4v) is 4.46. The first-order chi connectivity index (χ1) is 15.8. The SMILES string of the molecule is C#CCOc1cnc(C(=O)Nc2cc(F)c(F)c(C3C(C)C3SC(N)=NC)c2)c(C)n1.CC. The molecule has 0 radical (unpaired) electrons. The van der Waals surface area contributed by atoms with E-state index in [1.54, 1.807) is 14.0 Å². The van der Waals surface area contributed by atoms with E-state index in [0.717, 1.165) is 6.07 Å². The minimum atomic E-state index is -1.05. The van der Waals surface area contributed by atoms with Gasteiger partial charge in [-0.2, -0.15) is 0 Å². The van der Waals surface area contributed by atoms with E-state index in [0.29, 0.717) is 10.9 Å². The molecule has 1 aromatic heterocycles. The van der Waals surface area contributed by atoms with Crippen LogP contribution in [-0.4, -0.2) is 39.9 Å². The molecule has 1 aromatic carbocycles. The highest BCUT2D eigenvalue weighted by molar-refractivity contribution is 8.14. The summed E-state index contributed by atoms with van der Waals surface area (Å²) in [6.45, 7) is 7.53. The Kier molecular flexibility index (Phi) is 9.17. The average Bonchev–Trinajstić information content (AvgIpc) is 3.43. The third kappa shape index (κ3) is 6.20. The van der Waals surface area contributed by atoms with E-state index < -0.39 is 17.5 Å². The van der Waals surface area contributed by atoms with Gasteiger partial charge in [0.05, 0.1) is 11.9 Å². The van der Waals surface area contributed by atoms with E-state index in [4.69, 9.17) is 16.9 Å². The summed E-state index contributed by atoms with van der Waals surface area (Å²) in [5.74, 6) is -0.270. The number of thioether (sulfide) groups is 1. The number of aromatic nitrogens is 2. The molecule has 0 bridgehead atoms. The third-order valence-corrected chi connectivity index (χ3v) is 6.31. The first kappa shape index (κ1) is 26.1. The highest BCUT2D eigenvalue weighted by Gasteiger charge is 2.50. The Hall–Kier alpha value is -3.19. The number of aliphatic imine (C=N–C) groups is 1. The zero-order chi connectivity index (χ0) is 24.7. The molecule has 176 valence electrons. The third-order valence-electron chi connectivity index (χ3n) is 4.89. The van der Waals surface area contributed by atoms with Crippen molar-refractivity contribution in [3.8, 4) is 18.2 Å². The number of carbonyl (C=O) groups excluding carboxylic acids is 1. The standard InChI is InChI=1S/C21H21F2N5O2S.C2H6/c1-5-6-30-15-9-26-18(11(3)27-15)20(29)28-12-7-13(17(23)14(22)8-12)16-10(2)19(16)31-21(24)25-4;1-2/h1,7-10,16,19H,6H2,2-4H3,(H2,24,25)(H,28,29);1-2H3. The zero-order valence-electron chi connectivity index (χ0n) is 19.1. The second-order valence-electron chi connectivity index (χ2n) is 6.98. The lowest BCUT2D eigenvalue weighted by molar-refractivity contribution is 0.102. The number of aryl methyl sites for hydroxylation is 1. The van der Waals surface area contributed by atoms with Gasteiger partial charge >= 0.3 is 0 Å². The summed E-state index contributed by atoms with van der Waals surface area (Å²) in [7, 11) is 1.57. The molecule has 3 unspecified atom stereocenters. The monoisotopic (exact) mass is 475 g/mol. The molecule has 33 heavy (non-hydrogen) atoms. The van der Waals surface area contributed by atoms with Gasteiger partial charge in [0.25, 0.3) is 5.91 Å². The van der Waals surface area contributed by atoms with Gasteiger partial charge in [0.2, 0.25) is 5.88 Å². The normalized spacial score (nSPS) is 19.1.